The van der Waals surface area contributed by atoms with Crippen LogP contribution in [0.5, 0.6) is 0 Å². The van der Waals surface area contributed by atoms with Gasteiger partial charge < -0.3 is 5.32 Å². The van der Waals surface area contributed by atoms with Crippen molar-refractivity contribution in [2.45, 2.75) is 13.8 Å². The fraction of sp³-hybridized carbons (Fsp3) is 0.167. The van der Waals surface area contributed by atoms with Gasteiger partial charge in [-0.1, -0.05) is 11.6 Å². The van der Waals surface area contributed by atoms with Gasteiger partial charge in [0.15, 0.2) is 5.82 Å². The molecular weight excluding hydrogens is 252 g/mol. The molecule has 2 rings (SSSR count). The number of nitrogens with one attached hydrogen (secondary N) is 3. The molecule has 0 unspecified atom stereocenters. The number of aromatic nitrogens is 2. The Hall–Kier alpha value is -2.01. The molecule has 1 aromatic carbocycles. The van der Waals surface area contributed by atoms with Crippen molar-refractivity contribution in [3.8, 4) is 0 Å². The van der Waals surface area contributed by atoms with E-state index in [1.165, 1.54) is 0 Å². The molecule has 94 valence electrons. The van der Waals surface area contributed by atoms with Crippen LogP contribution in [0.1, 0.15) is 11.3 Å². The largest absolute Gasteiger partial charge is 0.324 e. The number of aryl methyl sites for hydroxylation is 1. The van der Waals surface area contributed by atoms with Gasteiger partial charge in [0, 0.05) is 22.0 Å². The summed E-state index contributed by atoms with van der Waals surface area (Å²) in [6, 6.07) is 6.53. The first-order chi connectivity index (χ1) is 8.56. The zero-order valence-corrected chi connectivity index (χ0v) is 10.8. The summed E-state index contributed by atoms with van der Waals surface area (Å²) in [5.41, 5.74) is 2.51. The summed E-state index contributed by atoms with van der Waals surface area (Å²) in [5.74, 6) is 0.527. The third-order valence-corrected chi connectivity index (χ3v) is 2.84. The highest BCUT2D eigenvalue weighted by Gasteiger charge is 2.09. The topological polar surface area (TPSA) is 69.8 Å². The van der Waals surface area contributed by atoms with Gasteiger partial charge in [0.25, 0.3) is 0 Å². The Morgan fingerprint density at radius 3 is 2.44 bits per heavy atom. The second-order valence-electron chi connectivity index (χ2n) is 3.91. The SMILES string of the molecule is Cc1[nH]nc(NC(=O)Nc2ccc(Cl)cc2)c1C. The molecule has 3 N–H and O–H groups in total. The number of nitrogens with zero attached hydrogens (tertiary/aromatic N) is 1. The van der Waals surface area contributed by atoms with Gasteiger partial charge in [-0.05, 0) is 38.1 Å². The number of H-pyrrole nitrogens is 1. The Morgan fingerprint density at radius 2 is 1.89 bits per heavy atom. The van der Waals surface area contributed by atoms with Crippen molar-refractivity contribution < 1.29 is 4.79 Å². The van der Waals surface area contributed by atoms with Crippen molar-refractivity contribution in [1.82, 2.24) is 10.2 Å². The van der Waals surface area contributed by atoms with Crippen LogP contribution in [0, 0.1) is 13.8 Å². The first-order valence-corrected chi connectivity index (χ1v) is 5.79. The molecule has 0 radical (unpaired) electrons. The van der Waals surface area contributed by atoms with Crippen molar-refractivity contribution >= 4 is 29.1 Å². The number of carbonyl (C=O) groups excluding carboxylic acids is 1. The first-order valence-electron chi connectivity index (χ1n) is 5.41. The van der Waals surface area contributed by atoms with Gasteiger partial charge in [0.2, 0.25) is 0 Å². The average Bonchev–Trinajstić information content (AvgIpc) is 2.64. The van der Waals surface area contributed by atoms with Crippen molar-refractivity contribution in [3.63, 3.8) is 0 Å². The summed E-state index contributed by atoms with van der Waals surface area (Å²) >= 11 is 5.76. The van der Waals surface area contributed by atoms with E-state index in [0.29, 0.717) is 16.5 Å². The lowest BCUT2D eigenvalue weighted by Crippen LogP contribution is -2.20. The molecule has 0 atom stereocenters. The zero-order chi connectivity index (χ0) is 13.1. The van der Waals surface area contributed by atoms with Gasteiger partial charge >= 0.3 is 6.03 Å². The van der Waals surface area contributed by atoms with Crippen molar-refractivity contribution in [2.24, 2.45) is 0 Å². The predicted molar refractivity (Wildman–Crippen MR) is 72.2 cm³/mol. The van der Waals surface area contributed by atoms with E-state index in [9.17, 15) is 4.79 Å². The van der Waals surface area contributed by atoms with Gasteiger partial charge in [0.05, 0.1) is 0 Å². The number of hydrogen-bond acceptors (Lipinski definition) is 2. The van der Waals surface area contributed by atoms with Crippen LogP contribution in [0.2, 0.25) is 5.02 Å². The third-order valence-electron chi connectivity index (χ3n) is 2.59. The second kappa shape index (κ2) is 5.10. The molecule has 0 saturated heterocycles. The third kappa shape index (κ3) is 2.81. The van der Waals surface area contributed by atoms with Crippen LogP contribution < -0.4 is 10.6 Å². The average molecular weight is 265 g/mol. The quantitative estimate of drug-likeness (QED) is 0.779. The highest BCUT2D eigenvalue weighted by Crippen LogP contribution is 2.16. The molecule has 2 aromatic rings. The lowest BCUT2D eigenvalue weighted by Gasteiger charge is -2.06. The van der Waals surface area contributed by atoms with Crippen LogP contribution in [0.25, 0.3) is 0 Å². The number of anilines is 2. The van der Waals surface area contributed by atoms with Gasteiger partial charge in [0.1, 0.15) is 0 Å². The maximum absolute atomic E-state index is 11.7. The summed E-state index contributed by atoms with van der Waals surface area (Å²) in [6.07, 6.45) is 0. The number of carbonyl (C=O) groups is 1. The smallest absolute Gasteiger partial charge is 0.308 e. The normalized spacial score (nSPS) is 10.2. The standard InChI is InChI=1S/C12H13ClN4O/c1-7-8(2)16-17-11(7)15-12(18)14-10-5-3-9(13)4-6-10/h3-6H,1-2H3,(H3,14,15,16,17,18). The summed E-state index contributed by atoms with van der Waals surface area (Å²) in [6.45, 7) is 3.78. The molecule has 1 heterocycles. The highest BCUT2D eigenvalue weighted by molar-refractivity contribution is 6.30. The fourth-order valence-corrected chi connectivity index (χ4v) is 1.54. The number of rotatable bonds is 2. The maximum Gasteiger partial charge on any atom is 0.324 e. The molecule has 18 heavy (non-hydrogen) atoms. The molecule has 1 aromatic heterocycles. The zero-order valence-electron chi connectivity index (χ0n) is 10.0. The molecule has 5 nitrogen and oxygen atoms in total. The van der Waals surface area contributed by atoms with Gasteiger partial charge in [-0.3, -0.25) is 10.4 Å². The summed E-state index contributed by atoms with van der Waals surface area (Å²) < 4.78 is 0. The number of amides is 2. The Morgan fingerprint density at radius 1 is 1.22 bits per heavy atom. The molecule has 0 bridgehead atoms. The molecule has 0 spiro atoms. The van der Waals surface area contributed by atoms with Crippen LogP contribution in [0.3, 0.4) is 0 Å². The highest BCUT2D eigenvalue weighted by atomic mass is 35.5. The van der Waals surface area contributed by atoms with Crippen molar-refractivity contribution in [3.05, 3.63) is 40.5 Å². The summed E-state index contributed by atoms with van der Waals surface area (Å²) in [5, 5.41) is 12.8. The summed E-state index contributed by atoms with van der Waals surface area (Å²) in [4.78, 5) is 11.7. The van der Waals surface area contributed by atoms with Crippen LogP contribution in [-0.2, 0) is 0 Å². The lowest BCUT2D eigenvalue weighted by atomic mass is 10.3. The Bertz CT molecular complexity index is 562. The van der Waals surface area contributed by atoms with Crippen molar-refractivity contribution in [1.29, 1.82) is 0 Å². The van der Waals surface area contributed by atoms with E-state index in [2.05, 4.69) is 20.8 Å². The van der Waals surface area contributed by atoms with Gasteiger partial charge in [-0.15, -0.1) is 0 Å². The molecule has 6 heteroatoms. The van der Waals surface area contributed by atoms with Gasteiger partial charge in [-0.2, -0.15) is 5.10 Å². The second-order valence-corrected chi connectivity index (χ2v) is 4.34. The maximum atomic E-state index is 11.7. The number of aromatic amines is 1. The van der Waals surface area contributed by atoms with E-state index in [4.69, 9.17) is 11.6 Å². The monoisotopic (exact) mass is 264 g/mol. The fourth-order valence-electron chi connectivity index (χ4n) is 1.41. The molecule has 0 aliphatic heterocycles. The van der Waals surface area contributed by atoms with E-state index < -0.39 is 0 Å². The van der Waals surface area contributed by atoms with E-state index in [0.717, 1.165) is 11.3 Å². The van der Waals surface area contributed by atoms with E-state index in [-0.39, 0.29) is 6.03 Å². The minimum Gasteiger partial charge on any atom is -0.308 e. The Labute approximate surface area is 110 Å². The molecule has 0 aliphatic rings. The molecule has 0 aliphatic carbocycles. The van der Waals surface area contributed by atoms with Crippen LogP contribution in [0.4, 0.5) is 16.3 Å². The first kappa shape index (κ1) is 12.4. The number of benzene rings is 1. The van der Waals surface area contributed by atoms with Crippen molar-refractivity contribution in [2.75, 3.05) is 10.6 Å². The molecular formula is C12H13ClN4O. The van der Waals surface area contributed by atoms with E-state index >= 15 is 0 Å². The number of urea groups is 1. The van der Waals surface area contributed by atoms with Crippen LogP contribution in [0.15, 0.2) is 24.3 Å². The molecule has 0 fully saturated rings. The minimum atomic E-state index is -0.341. The Balaban J connectivity index is 2.01. The Kier molecular flexibility index (Phi) is 3.53. The van der Waals surface area contributed by atoms with Crippen LogP contribution >= 0.6 is 11.6 Å². The lowest BCUT2D eigenvalue weighted by molar-refractivity contribution is 0.262. The molecule has 2 amide bonds. The minimum absolute atomic E-state index is 0.341. The summed E-state index contributed by atoms with van der Waals surface area (Å²) in [7, 11) is 0. The van der Waals surface area contributed by atoms with Gasteiger partial charge in [-0.25, -0.2) is 4.79 Å². The van der Waals surface area contributed by atoms with Crippen LogP contribution in [-0.4, -0.2) is 16.2 Å². The van der Waals surface area contributed by atoms with E-state index in [1.54, 1.807) is 24.3 Å². The number of halogens is 1. The van der Waals surface area contributed by atoms with E-state index in [1.807, 2.05) is 13.8 Å². The molecule has 0 saturated carbocycles. The number of hydrogen-bond donors (Lipinski definition) is 3. The predicted octanol–water partition coefficient (Wildman–Crippen LogP) is 3.32.